The molecule has 3 heteroatoms. The Balaban J connectivity index is 1.88. The number of carboxylic acid groups (broad SMARTS) is 1. The first kappa shape index (κ1) is 15.0. The van der Waals surface area contributed by atoms with Gasteiger partial charge in [0, 0.05) is 12.8 Å². The molecule has 0 radical (unpaired) electrons. The molecule has 21 heavy (non-hydrogen) atoms. The van der Waals surface area contributed by atoms with Crippen molar-refractivity contribution in [2.45, 2.75) is 25.7 Å². The molecule has 0 heterocycles. The monoisotopic (exact) mass is 282 g/mol. The number of rotatable bonds is 7. The largest absolute Gasteiger partial charge is 0.481 e. The van der Waals surface area contributed by atoms with E-state index in [2.05, 4.69) is 12.1 Å². The van der Waals surface area contributed by atoms with Crippen LogP contribution in [0.1, 0.15) is 24.8 Å². The quantitative estimate of drug-likeness (QED) is 0.842. The highest BCUT2D eigenvalue weighted by molar-refractivity contribution is 5.82. The molecule has 2 aromatic rings. The maximum Gasteiger partial charge on any atom is 0.303 e. The summed E-state index contributed by atoms with van der Waals surface area (Å²) in [6.07, 6.45) is 1.11. The molecule has 0 aliphatic rings. The molecule has 3 nitrogen and oxygen atoms in total. The van der Waals surface area contributed by atoms with E-state index in [4.69, 9.17) is 5.11 Å². The molecule has 0 aliphatic heterocycles. The average molecular weight is 282 g/mol. The summed E-state index contributed by atoms with van der Waals surface area (Å²) in [5.41, 5.74) is 3.41. The van der Waals surface area contributed by atoms with Crippen molar-refractivity contribution in [3.63, 3.8) is 0 Å². The normalized spacial score (nSPS) is 10.3. The van der Waals surface area contributed by atoms with Crippen LogP contribution in [0.3, 0.4) is 0 Å². The van der Waals surface area contributed by atoms with E-state index >= 15 is 0 Å². The maximum atomic E-state index is 11.5. The highest BCUT2D eigenvalue weighted by Gasteiger charge is 2.06. The van der Waals surface area contributed by atoms with Crippen LogP contribution < -0.4 is 0 Å². The topological polar surface area (TPSA) is 54.4 Å². The number of aryl methyl sites for hydroxylation is 1. The summed E-state index contributed by atoms with van der Waals surface area (Å²) in [4.78, 5) is 21.9. The third-order valence-electron chi connectivity index (χ3n) is 3.37. The number of Topliss-reactive ketones (excluding diaryl/α,β-unsaturated/α-hetero) is 1. The second kappa shape index (κ2) is 7.39. The fourth-order valence-electron chi connectivity index (χ4n) is 2.15. The van der Waals surface area contributed by atoms with Gasteiger partial charge in [-0.05, 0) is 23.1 Å². The van der Waals surface area contributed by atoms with Crippen molar-refractivity contribution in [1.29, 1.82) is 0 Å². The first-order valence-electron chi connectivity index (χ1n) is 7.03. The number of aliphatic carboxylic acids is 1. The SMILES string of the molecule is O=C(O)CCC(=O)CCc1ccc(-c2ccccc2)cc1. The van der Waals surface area contributed by atoms with Crippen LogP contribution in [0.2, 0.25) is 0 Å². The highest BCUT2D eigenvalue weighted by Crippen LogP contribution is 2.19. The molecule has 2 aromatic carbocycles. The van der Waals surface area contributed by atoms with Gasteiger partial charge in [0.15, 0.2) is 0 Å². The molecular weight excluding hydrogens is 264 g/mol. The zero-order valence-corrected chi connectivity index (χ0v) is 11.8. The summed E-state index contributed by atoms with van der Waals surface area (Å²) in [5.74, 6) is -0.917. The Bertz CT molecular complexity index is 600. The Morgan fingerprint density at radius 3 is 2.00 bits per heavy atom. The van der Waals surface area contributed by atoms with Crippen molar-refractivity contribution in [3.05, 3.63) is 60.2 Å². The van der Waals surface area contributed by atoms with Gasteiger partial charge in [0.05, 0.1) is 6.42 Å². The Morgan fingerprint density at radius 2 is 1.38 bits per heavy atom. The molecule has 0 aromatic heterocycles. The molecule has 1 N–H and O–H groups in total. The van der Waals surface area contributed by atoms with Crippen LogP contribution in [0.4, 0.5) is 0 Å². The van der Waals surface area contributed by atoms with Gasteiger partial charge in [0.25, 0.3) is 0 Å². The van der Waals surface area contributed by atoms with E-state index in [0.29, 0.717) is 12.8 Å². The molecule has 0 saturated heterocycles. The van der Waals surface area contributed by atoms with Crippen molar-refractivity contribution in [2.75, 3.05) is 0 Å². The number of carbonyl (C=O) groups is 2. The zero-order chi connectivity index (χ0) is 15.1. The molecule has 108 valence electrons. The van der Waals surface area contributed by atoms with E-state index in [1.54, 1.807) is 0 Å². The molecule has 0 atom stereocenters. The van der Waals surface area contributed by atoms with Gasteiger partial charge in [0.1, 0.15) is 5.78 Å². The van der Waals surface area contributed by atoms with Gasteiger partial charge in [-0.2, -0.15) is 0 Å². The van der Waals surface area contributed by atoms with Gasteiger partial charge in [-0.15, -0.1) is 0 Å². The van der Waals surface area contributed by atoms with Gasteiger partial charge in [0.2, 0.25) is 0 Å². The first-order chi connectivity index (χ1) is 10.1. The summed E-state index contributed by atoms with van der Waals surface area (Å²) < 4.78 is 0. The molecule has 0 aliphatic carbocycles. The molecular formula is C18H18O3. The standard InChI is InChI=1S/C18H18O3/c19-17(12-13-18(20)21)11-8-14-6-9-16(10-7-14)15-4-2-1-3-5-15/h1-7,9-10H,8,11-13H2,(H,20,21). The number of hydrogen-bond donors (Lipinski definition) is 1. The van der Waals surface area contributed by atoms with Crippen LogP contribution in [0, 0.1) is 0 Å². The summed E-state index contributed by atoms with van der Waals surface area (Å²) in [6.45, 7) is 0. The minimum atomic E-state index is -0.921. The molecule has 0 spiro atoms. The number of benzene rings is 2. The predicted molar refractivity (Wildman–Crippen MR) is 82.1 cm³/mol. The van der Waals surface area contributed by atoms with Crippen LogP contribution in [0.25, 0.3) is 11.1 Å². The van der Waals surface area contributed by atoms with Crippen LogP contribution in [-0.2, 0) is 16.0 Å². The maximum absolute atomic E-state index is 11.5. The van der Waals surface area contributed by atoms with Crippen LogP contribution in [0.5, 0.6) is 0 Å². The highest BCUT2D eigenvalue weighted by atomic mass is 16.4. The fraction of sp³-hybridized carbons (Fsp3) is 0.222. The lowest BCUT2D eigenvalue weighted by atomic mass is 10.0. The van der Waals surface area contributed by atoms with Gasteiger partial charge in [-0.25, -0.2) is 0 Å². The summed E-state index contributed by atoms with van der Waals surface area (Å²) >= 11 is 0. The Kier molecular flexibility index (Phi) is 5.27. The van der Waals surface area contributed by atoms with Gasteiger partial charge >= 0.3 is 5.97 Å². The minimum Gasteiger partial charge on any atom is -0.481 e. The van der Waals surface area contributed by atoms with Crippen molar-refractivity contribution < 1.29 is 14.7 Å². The Morgan fingerprint density at radius 1 is 0.762 bits per heavy atom. The molecule has 0 bridgehead atoms. The van der Waals surface area contributed by atoms with Crippen LogP contribution >= 0.6 is 0 Å². The first-order valence-corrected chi connectivity index (χ1v) is 7.03. The summed E-state index contributed by atoms with van der Waals surface area (Å²) in [5, 5.41) is 8.53. The predicted octanol–water partition coefficient (Wildman–Crippen LogP) is 3.72. The Labute approximate surface area is 124 Å². The van der Waals surface area contributed by atoms with Crippen LogP contribution in [0.15, 0.2) is 54.6 Å². The molecule has 0 saturated carbocycles. The van der Waals surface area contributed by atoms with E-state index < -0.39 is 5.97 Å². The van der Waals surface area contributed by atoms with E-state index in [9.17, 15) is 9.59 Å². The smallest absolute Gasteiger partial charge is 0.303 e. The van der Waals surface area contributed by atoms with Crippen LogP contribution in [-0.4, -0.2) is 16.9 Å². The lowest BCUT2D eigenvalue weighted by molar-refractivity contribution is -0.138. The molecule has 0 amide bonds. The van der Waals surface area contributed by atoms with Gasteiger partial charge in [-0.3, -0.25) is 9.59 Å². The van der Waals surface area contributed by atoms with Gasteiger partial charge in [-0.1, -0.05) is 54.6 Å². The molecule has 2 rings (SSSR count). The van der Waals surface area contributed by atoms with E-state index in [0.717, 1.165) is 11.1 Å². The molecule has 0 unspecified atom stereocenters. The van der Waals surface area contributed by atoms with E-state index in [1.165, 1.54) is 5.56 Å². The van der Waals surface area contributed by atoms with E-state index in [1.807, 2.05) is 42.5 Å². The van der Waals surface area contributed by atoms with Crippen molar-refractivity contribution >= 4 is 11.8 Å². The van der Waals surface area contributed by atoms with Crippen molar-refractivity contribution in [1.82, 2.24) is 0 Å². The number of carbonyl (C=O) groups excluding carboxylic acids is 1. The van der Waals surface area contributed by atoms with Crippen molar-refractivity contribution in [2.24, 2.45) is 0 Å². The fourth-order valence-corrected chi connectivity index (χ4v) is 2.15. The third kappa shape index (κ3) is 4.88. The number of carboxylic acids is 1. The number of hydrogen-bond acceptors (Lipinski definition) is 2. The van der Waals surface area contributed by atoms with Crippen molar-refractivity contribution in [3.8, 4) is 11.1 Å². The molecule has 0 fully saturated rings. The minimum absolute atomic E-state index is 0.00420. The summed E-state index contributed by atoms with van der Waals surface area (Å²) in [7, 11) is 0. The van der Waals surface area contributed by atoms with E-state index in [-0.39, 0.29) is 18.6 Å². The lowest BCUT2D eigenvalue weighted by Gasteiger charge is -2.04. The average Bonchev–Trinajstić information content (AvgIpc) is 2.52. The zero-order valence-electron chi connectivity index (χ0n) is 11.8. The van der Waals surface area contributed by atoms with Gasteiger partial charge < -0.3 is 5.11 Å². The second-order valence-electron chi connectivity index (χ2n) is 5.00. The summed E-state index contributed by atoms with van der Waals surface area (Å²) in [6, 6.07) is 18.3. The third-order valence-corrected chi connectivity index (χ3v) is 3.37. The second-order valence-corrected chi connectivity index (χ2v) is 5.00. The lowest BCUT2D eigenvalue weighted by Crippen LogP contribution is -2.04. The Hall–Kier alpha value is -2.42. The number of ketones is 1.